The molecule has 6 heteroatoms. The Morgan fingerprint density at radius 1 is 1.20 bits per heavy atom. The molecule has 0 aliphatic heterocycles. The summed E-state index contributed by atoms with van der Waals surface area (Å²) in [5, 5.41) is 12.9. The van der Waals surface area contributed by atoms with Crippen LogP contribution in [0.25, 0.3) is 0 Å². The van der Waals surface area contributed by atoms with Gasteiger partial charge in [0.1, 0.15) is 0 Å². The number of hydrogen-bond acceptors (Lipinski definition) is 3. The molecule has 0 heterocycles. The molecule has 0 aliphatic carbocycles. The van der Waals surface area contributed by atoms with Crippen molar-refractivity contribution >= 4 is 0 Å². The van der Waals surface area contributed by atoms with Crippen molar-refractivity contribution in [3.05, 3.63) is 35.4 Å². The second-order valence-corrected chi connectivity index (χ2v) is 4.56. The molecule has 0 amide bonds. The Morgan fingerprint density at radius 2 is 1.80 bits per heavy atom. The van der Waals surface area contributed by atoms with Crippen LogP contribution in [0.1, 0.15) is 31.1 Å². The summed E-state index contributed by atoms with van der Waals surface area (Å²) in [5.74, 6) is 0. The van der Waals surface area contributed by atoms with E-state index >= 15 is 0 Å². The molecule has 0 radical (unpaired) electrons. The van der Waals surface area contributed by atoms with Gasteiger partial charge in [-0.05, 0) is 31.5 Å². The molecular weight excluding hydrogens is 271 g/mol. The third-order valence-electron chi connectivity index (χ3n) is 2.84. The summed E-state index contributed by atoms with van der Waals surface area (Å²) in [7, 11) is 0. The minimum absolute atomic E-state index is 0.0276. The first-order chi connectivity index (χ1) is 9.34. The first kappa shape index (κ1) is 16.9. The van der Waals surface area contributed by atoms with Gasteiger partial charge in [0, 0.05) is 19.7 Å². The summed E-state index contributed by atoms with van der Waals surface area (Å²) in [4.78, 5) is 0. The third-order valence-corrected chi connectivity index (χ3v) is 2.84. The lowest BCUT2D eigenvalue weighted by molar-refractivity contribution is -0.137. The fourth-order valence-electron chi connectivity index (χ4n) is 1.78. The number of hydrogen-bond donors (Lipinski definition) is 2. The van der Waals surface area contributed by atoms with Crippen LogP contribution in [0.15, 0.2) is 24.3 Å². The van der Waals surface area contributed by atoms with Gasteiger partial charge in [0.25, 0.3) is 0 Å². The molecule has 2 unspecified atom stereocenters. The van der Waals surface area contributed by atoms with Crippen molar-refractivity contribution in [2.75, 3.05) is 19.7 Å². The van der Waals surface area contributed by atoms with Crippen molar-refractivity contribution in [1.82, 2.24) is 5.32 Å². The van der Waals surface area contributed by atoms with Gasteiger partial charge in [-0.3, -0.25) is 0 Å². The molecule has 0 spiro atoms. The van der Waals surface area contributed by atoms with Gasteiger partial charge in [0.15, 0.2) is 0 Å². The van der Waals surface area contributed by atoms with Crippen LogP contribution in [0, 0.1) is 0 Å². The molecule has 0 saturated heterocycles. The van der Waals surface area contributed by atoms with Crippen LogP contribution in [0.3, 0.4) is 0 Å². The average Bonchev–Trinajstić information content (AvgIpc) is 2.38. The molecule has 2 atom stereocenters. The van der Waals surface area contributed by atoms with Gasteiger partial charge >= 0.3 is 6.18 Å². The van der Waals surface area contributed by atoms with Crippen LogP contribution in [-0.4, -0.2) is 30.9 Å². The molecule has 0 saturated carbocycles. The first-order valence-corrected chi connectivity index (χ1v) is 6.52. The fourth-order valence-corrected chi connectivity index (χ4v) is 1.78. The highest BCUT2D eigenvalue weighted by Crippen LogP contribution is 2.29. The number of alkyl halides is 3. The number of nitrogens with one attached hydrogen (secondary N) is 1. The maximum atomic E-state index is 12.4. The van der Waals surface area contributed by atoms with Gasteiger partial charge in [-0.2, -0.15) is 13.2 Å². The minimum Gasteiger partial charge on any atom is -0.387 e. The largest absolute Gasteiger partial charge is 0.416 e. The number of halogens is 3. The van der Waals surface area contributed by atoms with Crippen LogP contribution in [-0.2, 0) is 10.9 Å². The van der Waals surface area contributed by atoms with Crippen molar-refractivity contribution in [2.45, 2.75) is 32.2 Å². The number of benzene rings is 1. The van der Waals surface area contributed by atoms with E-state index in [0.29, 0.717) is 18.7 Å². The molecule has 1 rings (SSSR count). The Labute approximate surface area is 116 Å². The summed E-state index contributed by atoms with van der Waals surface area (Å²) < 4.78 is 42.5. The Bertz CT molecular complexity index is 392. The lowest BCUT2D eigenvalue weighted by Gasteiger charge is -2.16. The van der Waals surface area contributed by atoms with Crippen LogP contribution in [0.5, 0.6) is 0 Å². The van der Waals surface area contributed by atoms with Crippen LogP contribution in [0.2, 0.25) is 0 Å². The van der Waals surface area contributed by atoms with E-state index in [1.165, 1.54) is 12.1 Å². The summed E-state index contributed by atoms with van der Waals surface area (Å²) in [6.07, 6.45) is -5.17. The first-order valence-electron chi connectivity index (χ1n) is 6.52. The van der Waals surface area contributed by atoms with E-state index in [-0.39, 0.29) is 12.6 Å². The third kappa shape index (κ3) is 5.48. The van der Waals surface area contributed by atoms with E-state index < -0.39 is 17.8 Å². The molecule has 0 aliphatic rings. The van der Waals surface area contributed by atoms with Gasteiger partial charge < -0.3 is 15.2 Å². The standard InChI is InChI=1S/C14H20F3NO2/c1-3-20-10(2)8-18-9-13(19)11-4-6-12(7-5-11)14(15,16)17/h4-7,10,13,18-19H,3,8-9H2,1-2H3. The SMILES string of the molecule is CCOC(C)CNCC(O)c1ccc(C(F)(F)F)cc1. The highest BCUT2D eigenvalue weighted by Gasteiger charge is 2.30. The zero-order chi connectivity index (χ0) is 15.2. The van der Waals surface area contributed by atoms with E-state index in [1.54, 1.807) is 0 Å². The minimum atomic E-state index is -4.35. The molecule has 0 bridgehead atoms. The van der Waals surface area contributed by atoms with Crippen molar-refractivity contribution < 1.29 is 23.0 Å². The topological polar surface area (TPSA) is 41.5 Å². The van der Waals surface area contributed by atoms with Crippen molar-refractivity contribution in [1.29, 1.82) is 0 Å². The van der Waals surface area contributed by atoms with Gasteiger partial charge in [-0.1, -0.05) is 12.1 Å². The van der Waals surface area contributed by atoms with E-state index in [0.717, 1.165) is 12.1 Å². The smallest absolute Gasteiger partial charge is 0.387 e. The van der Waals surface area contributed by atoms with Gasteiger partial charge in [0.2, 0.25) is 0 Å². The molecule has 1 aromatic carbocycles. The molecule has 2 N–H and O–H groups in total. The maximum absolute atomic E-state index is 12.4. The highest BCUT2D eigenvalue weighted by atomic mass is 19.4. The summed E-state index contributed by atoms with van der Waals surface area (Å²) in [6.45, 7) is 5.26. The van der Waals surface area contributed by atoms with E-state index in [2.05, 4.69) is 5.32 Å². The average molecular weight is 291 g/mol. The Balaban J connectivity index is 2.46. The summed E-state index contributed by atoms with van der Waals surface area (Å²) in [5.41, 5.74) is -0.263. The van der Waals surface area contributed by atoms with Gasteiger partial charge in [-0.15, -0.1) is 0 Å². The van der Waals surface area contributed by atoms with E-state index in [1.807, 2.05) is 13.8 Å². The number of aliphatic hydroxyl groups excluding tert-OH is 1. The van der Waals surface area contributed by atoms with Crippen molar-refractivity contribution in [2.24, 2.45) is 0 Å². The normalized spacial score (nSPS) is 15.1. The predicted octanol–water partition coefficient (Wildman–Crippen LogP) is 2.75. The quantitative estimate of drug-likeness (QED) is 0.811. The van der Waals surface area contributed by atoms with Gasteiger partial charge in [0.05, 0.1) is 17.8 Å². The van der Waals surface area contributed by atoms with Gasteiger partial charge in [-0.25, -0.2) is 0 Å². The Kier molecular flexibility index (Phi) is 6.45. The Morgan fingerprint density at radius 3 is 2.30 bits per heavy atom. The zero-order valence-corrected chi connectivity index (χ0v) is 11.6. The Hall–Kier alpha value is -1.11. The molecule has 1 aromatic rings. The number of rotatable bonds is 7. The predicted molar refractivity (Wildman–Crippen MR) is 70.4 cm³/mol. The second-order valence-electron chi connectivity index (χ2n) is 4.56. The number of aliphatic hydroxyl groups is 1. The van der Waals surface area contributed by atoms with E-state index in [4.69, 9.17) is 4.74 Å². The molecule has 0 aromatic heterocycles. The summed E-state index contributed by atoms with van der Waals surface area (Å²) >= 11 is 0. The molecule has 0 fully saturated rings. The van der Waals surface area contributed by atoms with Crippen LogP contribution >= 0.6 is 0 Å². The highest BCUT2D eigenvalue weighted by molar-refractivity contribution is 5.26. The zero-order valence-electron chi connectivity index (χ0n) is 11.6. The lowest BCUT2D eigenvalue weighted by atomic mass is 10.1. The monoisotopic (exact) mass is 291 g/mol. The molecule has 3 nitrogen and oxygen atoms in total. The summed E-state index contributed by atoms with van der Waals surface area (Å²) in [6, 6.07) is 4.53. The lowest BCUT2D eigenvalue weighted by Crippen LogP contribution is -2.30. The van der Waals surface area contributed by atoms with Crippen molar-refractivity contribution in [3.8, 4) is 0 Å². The second kappa shape index (κ2) is 7.61. The molecule has 114 valence electrons. The molecule has 20 heavy (non-hydrogen) atoms. The van der Waals surface area contributed by atoms with Crippen LogP contribution < -0.4 is 5.32 Å². The maximum Gasteiger partial charge on any atom is 0.416 e. The number of ether oxygens (including phenoxy) is 1. The van der Waals surface area contributed by atoms with E-state index in [9.17, 15) is 18.3 Å². The van der Waals surface area contributed by atoms with Crippen LogP contribution in [0.4, 0.5) is 13.2 Å². The van der Waals surface area contributed by atoms with Crippen molar-refractivity contribution in [3.63, 3.8) is 0 Å². The molecular formula is C14H20F3NO2. The fraction of sp³-hybridized carbons (Fsp3) is 0.571.